The third kappa shape index (κ3) is 5.60. The first kappa shape index (κ1) is 22.7. The van der Waals surface area contributed by atoms with E-state index in [0.717, 1.165) is 42.4 Å². The van der Waals surface area contributed by atoms with E-state index in [1.165, 1.54) is 0 Å². The maximum Gasteiger partial charge on any atom is 0.298 e. The Morgan fingerprint density at radius 3 is 2.63 bits per heavy atom. The van der Waals surface area contributed by atoms with Crippen molar-refractivity contribution in [2.45, 2.75) is 56.8 Å². The second-order valence-corrected chi connectivity index (χ2v) is 9.47. The predicted molar refractivity (Wildman–Crippen MR) is 116 cm³/mol. The van der Waals surface area contributed by atoms with Gasteiger partial charge in [0.15, 0.2) is 6.23 Å². The van der Waals surface area contributed by atoms with Gasteiger partial charge < -0.3 is 9.84 Å². The van der Waals surface area contributed by atoms with Gasteiger partial charge in [-0.15, -0.1) is 0 Å². The molecular weight excluding hydrogens is 402 g/mol. The summed E-state index contributed by atoms with van der Waals surface area (Å²) >= 11 is 0. The fourth-order valence-electron chi connectivity index (χ4n) is 3.75. The molecule has 2 atom stereocenters. The molecule has 3 rings (SSSR count). The van der Waals surface area contributed by atoms with Crippen molar-refractivity contribution in [3.8, 4) is 5.75 Å². The number of hydrogen-bond acceptors (Lipinski definition) is 6. The molecule has 0 aliphatic heterocycles. The maximum absolute atomic E-state index is 12.8. The lowest BCUT2D eigenvalue weighted by molar-refractivity contribution is -0.0602. The van der Waals surface area contributed by atoms with Crippen molar-refractivity contribution in [1.82, 2.24) is 4.90 Å². The number of ether oxygens (including phenoxy) is 1. The fraction of sp³-hybridized carbons (Fsp3) is 0.478. The quantitative estimate of drug-likeness (QED) is 0.473. The van der Waals surface area contributed by atoms with Crippen molar-refractivity contribution < 1.29 is 22.4 Å². The molecule has 0 heterocycles. The van der Waals surface area contributed by atoms with E-state index in [1.807, 2.05) is 31.9 Å². The molecule has 0 aromatic heterocycles. The summed E-state index contributed by atoms with van der Waals surface area (Å²) in [6.07, 6.45) is 2.70. The Morgan fingerprint density at radius 1 is 1.20 bits per heavy atom. The van der Waals surface area contributed by atoms with Crippen LogP contribution in [0.3, 0.4) is 0 Å². The summed E-state index contributed by atoms with van der Waals surface area (Å²) in [5.74, 6) is 0.210. The molecule has 1 unspecified atom stereocenters. The Kier molecular flexibility index (Phi) is 7.52. The molecule has 1 N–H and O–H groups in total. The number of phenolic OH excluding ortho intramolecular Hbond substituents is 1. The summed E-state index contributed by atoms with van der Waals surface area (Å²) in [6, 6.07) is 12.0. The van der Waals surface area contributed by atoms with Crippen LogP contribution in [0.15, 0.2) is 47.4 Å². The molecule has 1 aliphatic rings. The zero-order valence-corrected chi connectivity index (χ0v) is 18.7. The van der Waals surface area contributed by atoms with E-state index in [2.05, 4.69) is 0 Å². The summed E-state index contributed by atoms with van der Waals surface area (Å²) in [6.45, 7) is 4.73. The van der Waals surface area contributed by atoms with Crippen LogP contribution in [0.4, 0.5) is 0 Å². The van der Waals surface area contributed by atoms with Crippen LogP contribution in [0.25, 0.3) is 0 Å². The molecule has 164 valence electrons. The number of rotatable bonds is 9. The van der Waals surface area contributed by atoms with Gasteiger partial charge in [-0.3, -0.25) is 4.90 Å². The lowest BCUT2D eigenvalue weighted by atomic mass is 9.89. The molecule has 0 saturated carbocycles. The van der Waals surface area contributed by atoms with Crippen molar-refractivity contribution in [3.63, 3.8) is 0 Å². The SMILES string of the molecule is CCCN(C)C(CO[C@H]1CCCc2ccc(O)cc21)OS(=O)(=O)c1ccc(C)cc1. The van der Waals surface area contributed by atoms with Gasteiger partial charge in [0, 0.05) is 6.54 Å². The molecule has 0 radical (unpaired) electrons. The Bertz CT molecular complexity index is 943. The summed E-state index contributed by atoms with van der Waals surface area (Å²) in [4.78, 5) is 1.99. The van der Waals surface area contributed by atoms with Crippen LogP contribution in [0.5, 0.6) is 5.75 Å². The van der Waals surface area contributed by atoms with Crippen molar-refractivity contribution in [2.75, 3.05) is 20.2 Å². The van der Waals surface area contributed by atoms with Gasteiger partial charge in [0.05, 0.1) is 17.6 Å². The van der Waals surface area contributed by atoms with Crippen LogP contribution in [0, 0.1) is 6.92 Å². The maximum atomic E-state index is 12.8. The van der Waals surface area contributed by atoms with Gasteiger partial charge in [-0.25, -0.2) is 4.18 Å². The number of aromatic hydroxyl groups is 1. The second-order valence-electron chi connectivity index (χ2n) is 7.90. The molecular formula is C23H31NO5S. The zero-order valence-electron chi connectivity index (χ0n) is 17.9. The highest BCUT2D eigenvalue weighted by Gasteiger charge is 2.28. The normalized spacial score (nSPS) is 17.7. The topological polar surface area (TPSA) is 76.1 Å². The first-order valence-electron chi connectivity index (χ1n) is 10.4. The van der Waals surface area contributed by atoms with Gasteiger partial charge in [0.1, 0.15) is 5.75 Å². The van der Waals surface area contributed by atoms with Gasteiger partial charge in [-0.05, 0) is 75.0 Å². The Hall–Kier alpha value is -1.93. The lowest BCUT2D eigenvalue weighted by Gasteiger charge is -2.31. The van der Waals surface area contributed by atoms with Crippen LogP contribution in [-0.2, 0) is 25.5 Å². The van der Waals surface area contributed by atoms with Gasteiger partial charge in [-0.2, -0.15) is 8.42 Å². The third-order valence-electron chi connectivity index (χ3n) is 5.44. The van der Waals surface area contributed by atoms with E-state index < -0.39 is 16.3 Å². The standard InChI is InChI=1S/C23H31NO5S/c1-4-14-24(3)23(29-30(26,27)20-12-8-17(2)9-13-20)16-28-22-7-5-6-18-10-11-19(25)15-21(18)22/h8-13,15,22-23,25H,4-7,14,16H2,1-3H3/t22-,23?/m0/s1. The number of benzene rings is 2. The lowest BCUT2D eigenvalue weighted by Crippen LogP contribution is -2.40. The van der Waals surface area contributed by atoms with Gasteiger partial charge in [-0.1, -0.05) is 30.7 Å². The van der Waals surface area contributed by atoms with Crippen LogP contribution in [-0.4, -0.2) is 44.9 Å². The number of aryl methyl sites for hydroxylation is 2. The highest BCUT2D eigenvalue weighted by molar-refractivity contribution is 7.86. The third-order valence-corrected chi connectivity index (χ3v) is 6.77. The molecule has 0 saturated heterocycles. The van der Waals surface area contributed by atoms with Crippen molar-refractivity contribution in [3.05, 3.63) is 59.2 Å². The van der Waals surface area contributed by atoms with Crippen LogP contribution in [0.1, 0.15) is 49.0 Å². The van der Waals surface area contributed by atoms with Gasteiger partial charge >= 0.3 is 0 Å². The molecule has 1 aliphatic carbocycles. The Labute approximate surface area is 179 Å². The fourth-order valence-corrected chi connectivity index (χ4v) is 4.82. The second kappa shape index (κ2) is 9.92. The molecule has 0 bridgehead atoms. The molecule has 0 spiro atoms. The number of likely N-dealkylation sites (N-methyl/N-ethyl adjacent to an activating group) is 1. The number of phenols is 1. The van der Waals surface area contributed by atoms with E-state index in [9.17, 15) is 13.5 Å². The Balaban J connectivity index is 1.75. The summed E-state index contributed by atoms with van der Waals surface area (Å²) in [7, 11) is -2.09. The van der Waals surface area contributed by atoms with E-state index in [4.69, 9.17) is 8.92 Å². The van der Waals surface area contributed by atoms with Crippen molar-refractivity contribution in [1.29, 1.82) is 0 Å². The number of nitrogens with zero attached hydrogens (tertiary/aromatic N) is 1. The van der Waals surface area contributed by atoms with Crippen LogP contribution < -0.4 is 0 Å². The van der Waals surface area contributed by atoms with Gasteiger partial charge in [0.25, 0.3) is 10.1 Å². The van der Waals surface area contributed by atoms with Crippen molar-refractivity contribution in [2.24, 2.45) is 0 Å². The average molecular weight is 434 g/mol. The minimum atomic E-state index is -3.92. The molecule has 2 aromatic rings. The van der Waals surface area contributed by atoms with E-state index >= 15 is 0 Å². The number of hydrogen-bond donors (Lipinski definition) is 1. The van der Waals surface area contributed by atoms with Crippen molar-refractivity contribution >= 4 is 10.1 Å². The molecule has 30 heavy (non-hydrogen) atoms. The summed E-state index contributed by atoms with van der Waals surface area (Å²) in [5, 5.41) is 9.87. The highest BCUT2D eigenvalue weighted by atomic mass is 32.2. The summed E-state index contributed by atoms with van der Waals surface area (Å²) in [5.41, 5.74) is 3.12. The Morgan fingerprint density at radius 2 is 1.93 bits per heavy atom. The molecule has 2 aromatic carbocycles. The van der Waals surface area contributed by atoms with Crippen LogP contribution >= 0.6 is 0 Å². The van der Waals surface area contributed by atoms with E-state index in [0.29, 0.717) is 6.54 Å². The first-order chi connectivity index (χ1) is 14.3. The van der Waals surface area contributed by atoms with E-state index in [1.54, 1.807) is 36.4 Å². The predicted octanol–water partition coefficient (Wildman–Crippen LogP) is 4.17. The average Bonchev–Trinajstić information content (AvgIpc) is 2.71. The molecule has 6 nitrogen and oxygen atoms in total. The minimum absolute atomic E-state index is 0.112. The van der Waals surface area contributed by atoms with Gasteiger partial charge in [0.2, 0.25) is 0 Å². The molecule has 0 amide bonds. The molecule has 0 fully saturated rings. The van der Waals surface area contributed by atoms with E-state index in [-0.39, 0.29) is 23.4 Å². The molecule has 7 heteroatoms. The summed E-state index contributed by atoms with van der Waals surface area (Å²) < 4.78 is 37.4. The first-order valence-corrected chi connectivity index (χ1v) is 11.8. The smallest absolute Gasteiger partial charge is 0.298 e. The minimum Gasteiger partial charge on any atom is -0.508 e. The highest BCUT2D eigenvalue weighted by Crippen LogP contribution is 2.35. The van der Waals surface area contributed by atoms with Crippen LogP contribution in [0.2, 0.25) is 0 Å². The number of fused-ring (bicyclic) bond motifs is 1. The monoisotopic (exact) mass is 433 g/mol. The zero-order chi connectivity index (χ0) is 21.7. The largest absolute Gasteiger partial charge is 0.508 e.